The van der Waals surface area contributed by atoms with Crippen LogP contribution in [-0.2, 0) is 9.47 Å². The van der Waals surface area contributed by atoms with E-state index in [0.717, 1.165) is 32.5 Å². The summed E-state index contributed by atoms with van der Waals surface area (Å²) in [6.45, 7) is 11.5. The molecule has 0 aromatic rings. The van der Waals surface area contributed by atoms with Crippen molar-refractivity contribution in [2.45, 2.75) is 58.2 Å². The van der Waals surface area contributed by atoms with Crippen LogP contribution in [-0.4, -0.2) is 48.7 Å². The highest BCUT2D eigenvalue weighted by Gasteiger charge is 2.37. The van der Waals surface area contributed by atoms with Gasteiger partial charge in [0.1, 0.15) is 0 Å². The van der Waals surface area contributed by atoms with Gasteiger partial charge in [0.2, 0.25) is 0 Å². The summed E-state index contributed by atoms with van der Waals surface area (Å²) >= 11 is 0. The maximum atomic E-state index is 6.10. The van der Waals surface area contributed by atoms with Crippen LogP contribution in [0, 0.1) is 5.92 Å². The zero-order valence-corrected chi connectivity index (χ0v) is 13.0. The van der Waals surface area contributed by atoms with Crippen molar-refractivity contribution in [2.24, 2.45) is 11.0 Å². The first-order valence-corrected chi connectivity index (χ1v) is 7.30. The summed E-state index contributed by atoms with van der Waals surface area (Å²) in [6.07, 6.45) is 3.05. The second kappa shape index (κ2) is 5.41. The number of hydrazone groups is 1. The van der Waals surface area contributed by atoms with Crippen LogP contribution in [0.3, 0.4) is 0 Å². The smallest absolute Gasteiger partial charge is 0.0686 e. The van der Waals surface area contributed by atoms with E-state index in [0.29, 0.717) is 5.92 Å². The van der Waals surface area contributed by atoms with E-state index in [1.54, 1.807) is 7.11 Å². The molecule has 0 aromatic heterocycles. The molecule has 0 aliphatic carbocycles. The van der Waals surface area contributed by atoms with Crippen LogP contribution < -0.4 is 0 Å². The van der Waals surface area contributed by atoms with Gasteiger partial charge in [0.15, 0.2) is 0 Å². The van der Waals surface area contributed by atoms with Crippen molar-refractivity contribution in [2.75, 3.05) is 26.8 Å². The lowest BCUT2D eigenvalue weighted by Gasteiger charge is -2.42. The van der Waals surface area contributed by atoms with Crippen LogP contribution >= 0.6 is 0 Å². The van der Waals surface area contributed by atoms with Gasteiger partial charge in [-0.2, -0.15) is 5.10 Å². The lowest BCUT2D eigenvalue weighted by molar-refractivity contribution is -0.127. The summed E-state index contributed by atoms with van der Waals surface area (Å²) in [7, 11) is 1.78. The predicted octanol–water partition coefficient (Wildman–Crippen LogP) is 2.68. The monoisotopic (exact) mass is 268 g/mol. The van der Waals surface area contributed by atoms with Gasteiger partial charge in [-0.1, -0.05) is 0 Å². The fourth-order valence-electron chi connectivity index (χ4n) is 3.41. The topological polar surface area (TPSA) is 34.1 Å². The zero-order chi connectivity index (χ0) is 14.1. The molecule has 2 heterocycles. The summed E-state index contributed by atoms with van der Waals surface area (Å²) in [5.74, 6) is 0.634. The number of nitrogens with zero attached hydrogens (tertiary/aromatic N) is 2. The Kier molecular flexibility index (Phi) is 4.21. The van der Waals surface area contributed by atoms with E-state index in [4.69, 9.17) is 14.6 Å². The fourth-order valence-corrected chi connectivity index (χ4v) is 3.41. The highest BCUT2D eigenvalue weighted by molar-refractivity contribution is 5.86. The Morgan fingerprint density at radius 2 is 1.89 bits per heavy atom. The van der Waals surface area contributed by atoms with E-state index < -0.39 is 0 Å². The maximum absolute atomic E-state index is 6.10. The molecule has 0 radical (unpaired) electrons. The number of hydrogen-bond donors (Lipinski definition) is 0. The average Bonchev–Trinajstić information content (AvgIpc) is 2.60. The van der Waals surface area contributed by atoms with E-state index in [1.807, 2.05) is 0 Å². The molecule has 0 aromatic carbocycles. The third-order valence-corrected chi connectivity index (χ3v) is 3.76. The molecule has 0 N–H and O–H groups in total. The highest BCUT2D eigenvalue weighted by Crippen LogP contribution is 2.33. The van der Waals surface area contributed by atoms with Crippen molar-refractivity contribution in [3.05, 3.63) is 0 Å². The molecule has 1 unspecified atom stereocenters. The van der Waals surface area contributed by atoms with Gasteiger partial charge in [0.05, 0.1) is 17.8 Å². The van der Waals surface area contributed by atoms with Crippen LogP contribution in [0.2, 0.25) is 0 Å². The number of ether oxygens (including phenoxy) is 2. The largest absolute Gasteiger partial charge is 0.384 e. The Balaban J connectivity index is 1.99. The molecule has 0 saturated carbocycles. The molecule has 0 amide bonds. The summed E-state index contributed by atoms with van der Waals surface area (Å²) < 4.78 is 11.3. The Labute approximate surface area is 117 Å². The van der Waals surface area contributed by atoms with Crippen molar-refractivity contribution in [3.8, 4) is 0 Å². The molecule has 2 aliphatic rings. The molecule has 1 atom stereocenters. The normalized spacial score (nSPS) is 29.6. The molecule has 2 fully saturated rings. The van der Waals surface area contributed by atoms with Gasteiger partial charge in [-0.15, -0.1) is 0 Å². The summed E-state index contributed by atoms with van der Waals surface area (Å²) in [4.78, 5) is 0. The minimum absolute atomic E-state index is 0.105. The number of methoxy groups -OCH3 is 1. The average molecular weight is 268 g/mol. The third kappa shape index (κ3) is 4.18. The van der Waals surface area contributed by atoms with Crippen LogP contribution in [0.5, 0.6) is 0 Å². The Hall–Kier alpha value is -0.610. The van der Waals surface area contributed by atoms with Gasteiger partial charge in [-0.3, -0.25) is 5.01 Å². The van der Waals surface area contributed by atoms with Crippen molar-refractivity contribution in [3.63, 3.8) is 0 Å². The van der Waals surface area contributed by atoms with Gasteiger partial charge in [-0.05, 0) is 34.1 Å². The first kappa shape index (κ1) is 14.8. The lowest BCUT2D eigenvalue weighted by atomic mass is 9.87. The van der Waals surface area contributed by atoms with Crippen LogP contribution in [0.1, 0.15) is 47.0 Å². The minimum atomic E-state index is -0.105. The zero-order valence-electron chi connectivity index (χ0n) is 13.0. The van der Waals surface area contributed by atoms with Crippen LogP contribution in [0.25, 0.3) is 0 Å². The predicted molar refractivity (Wildman–Crippen MR) is 77.5 cm³/mol. The second-order valence-corrected chi connectivity index (χ2v) is 7.16. The van der Waals surface area contributed by atoms with Crippen molar-refractivity contribution in [1.29, 1.82) is 0 Å². The maximum Gasteiger partial charge on any atom is 0.0686 e. The quantitative estimate of drug-likeness (QED) is 0.789. The van der Waals surface area contributed by atoms with E-state index in [9.17, 15) is 0 Å². The summed E-state index contributed by atoms with van der Waals surface area (Å²) in [6, 6.07) is 0. The SMILES string of the molecule is COCC1CCN(N=C2CC(C)(C)OC(C)(C)C2)C1. The minimum Gasteiger partial charge on any atom is -0.384 e. The molecule has 0 spiro atoms. The Morgan fingerprint density at radius 3 is 2.47 bits per heavy atom. The van der Waals surface area contributed by atoms with Crippen molar-refractivity contribution >= 4 is 5.71 Å². The van der Waals surface area contributed by atoms with Crippen molar-refractivity contribution in [1.82, 2.24) is 5.01 Å². The van der Waals surface area contributed by atoms with Crippen molar-refractivity contribution < 1.29 is 9.47 Å². The van der Waals surface area contributed by atoms with Gasteiger partial charge < -0.3 is 9.47 Å². The molecule has 4 nitrogen and oxygen atoms in total. The van der Waals surface area contributed by atoms with E-state index in [-0.39, 0.29) is 11.2 Å². The number of hydrogen-bond acceptors (Lipinski definition) is 4. The number of rotatable bonds is 3. The molecule has 2 aliphatic heterocycles. The van der Waals surface area contributed by atoms with Gasteiger partial charge >= 0.3 is 0 Å². The van der Waals surface area contributed by atoms with E-state index >= 15 is 0 Å². The first-order chi connectivity index (χ1) is 8.80. The molecule has 110 valence electrons. The van der Waals surface area contributed by atoms with E-state index in [1.165, 1.54) is 12.1 Å². The van der Waals surface area contributed by atoms with Gasteiger partial charge in [-0.25, -0.2) is 0 Å². The molecular weight excluding hydrogens is 240 g/mol. The molecular formula is C15H28N2O2. The molecule has 4 heteroatoms. The van der Waals surface area contributed by atoms with Crippen LogP contribution in [0.4, 0.5) is 0 Å². The molecule has 2 saturated heterocycles. The summed E-state index contributed by atoms with van der Waals surface area (Å²) in [5, 5.41) is 7.09. The Morgan fingerprint density at radius 1 is 1.26 bits per heavy atom. The summed E-state index contributed by atoms with van der Waals surface area (Å²) in [5.41, 5.74) is 1.07. The van der Waals surface area contributed by atoms with Gasteiger partial charge in [0, 0.05) is 44.7 Å². The van der Waals surface area contributed by atoms with Gasteiger partial charge in [0.25, 0.3) is 0 Å². The van der Waals surface area contributed by atoms with Crippen LogP contribution in [0.15, 0.2) is 5.10 Å². The fraction of sp³-hybridized carbons (Fsp3) is 0.933. The third-order valence-electron chi connectivity index (χ3n) is 3.76. The molecule has 19 heavy (non-hydrogen) atoms. The van der Waals surface area contributed by atoms with E-state index in [2.05, 4.69) is 32.7 Å². The molecule has 2 rings (SSSR count). The first-order valence-electron chi connectivity index (χ1n) is 7.30. The molecule has 0 bridgehead atoms. The highest BCUT2D eigenvalue weighted by atomic mass is 16.5. The lowest BCUT2D eigenvalue weighted by Crippen LogP contribution is -2.46. The second-order valence-electron chi connectivity index (χ2n) is 7.16. The standard InChI is InChI=1S/C15H28N2O2/c1-14(2)8-13(9-15(3,4)19-14)16-17-7-6-12(10-17)11-18-5/h12H,6-11H2,1-5H3. The Bertz CT molecular complexity index is 332.